The van der Waals surface area contributed by atoms with E-state index in [0.717, 1.165) is 25.1 Å². The molecule has 2 aromatic carbocycles. The van der Waals surface area contributed by atoms with Gasteiger partial charge in [0.25, 0.3) is 0 Å². The van der Waals surface area contributed by atoms with Crippen molar-refractivity contribution in [3.8, 4) is 17.0 Å². The highest BCUT2D eigenvalue weighted by Gasteiger charge is 2.38. The van der Waals surface area contributed by atoms with Gasteiger partial charge in [-0.1, -0.05) is 18.2 Å². The highest BCUT2D eigenvalue weighted by molar-refractivity contribution is 5.91. The molecule has 0 radical (unpaired) electrons. The minimum Gasteiger partial charge on any atom is -0.503 e. The Balaban J connectivity index is 1.48. The van der Waals surface area contributed by atoms with Crippen LogP contribution in [-0.4, -0.2) is 51.0 Å². The molecule has 0 aliphatic carbocycles. The average molecular weight is 518 g/mol. The van der Waals surface area contributed by atoms with E-state index in [1.165, 1.54) is 17.9 Å². The number of likely N-dealkylation sites (N-methyl/N-ethyl adjacent to an activating group) is 1. The van der Waals surface area contributed by atoms with Gasteiger partial charge in [-0.05, 0) is 31.0 Å². The molecule has 4 aromatic rings. The normalized spacial score (nSPS) is 16.1. The second-order valence-electron chi connectivity index (χ2n) is 9.03. The van der Waals surface area contributed by atoms with Crippen LogP contribution in [0.4, 0.5) is 33.6 Å². The lowest BCUT2D eigenvalue weighted by atomic mass is 10.0. The Labute approximate surface area is 208 Å². The molecule has 3 heterocycles. The van der Waals surface area contributed by atoms with E-state index in [9.17, 15) is 27.1 Å². The number of anilines is 2. The maximum Gasteiger partial charge on any atom is 0.419 e. The Kier molecular flexibility index (Phi) is 6.12. The van der Waals surface area contributed by atoms with Crippen LogP contribution in [0.25, 0.3) is 22.3 Å². The number of rotatable bonds is 5. The molecule has 0 saturated carbocycles. The molecule has 1 aliphatic rings. The first-order valence-electron chi connectivity index (χ1n) is 11.6. The molecule has 1 saturated heterocycles. The highest BCUT2D eigenvalue weighted by atomic mass is 19.4. The molecule has 0 bridgehead atoms. The zero-order valence-electron chi connectivity index (χ0n) is 20.0. The van der Waals surface area contributed by atoms with E-state index in [1.54, 1.807) is 0 Å². The van der Waals surface area contributed by atoms with E-state index in [1.807, 2.05) is 30.1 Å². The molecule has 194 valence electrons. The molecule has 0 amide bonds. The Morgan fingerprint density at radius 3 is 2.57 bits per heavy atom. The van der Waals surface area contributed by atoms with E-state index in [2.05, 4.69) is 32.1 Å². The maximum atomic E-state index is 14.7. The quantitative estimate of drug-likeness (QED) is 0.369. The van der Waals surface area contributed by atoms with Gasteiger partial charge >= 0.3 is 6.18 Å². The topological polar surface area (TPSA) is 70.3 Å². The number of benzene rings is 2. The van der Waals surface area contributed by atoms with Gasteiger partial charge in [-0.15, -0.1) is 0 Å². The van der Waals surface area contributed by atoms with Crippen molar-refractivity contribution in [3.05, 3.63) is 59.8 Å². The van der Waals surface area contributed by atoms with Crippen molar-refractivity contribution in [1.82, 2.24) is 19.7 Å². The third kappa shape index (κ3) is 4.40. The summed E-state index contributed by atoms with van der Waals surface area (Å²) in [6.07, 6.45) is -1.76. The molecule has 7 nitrogen and oxygen atoms in total. The first kappa shape index (κ1) is 24.7. The minimum absolute atomic E-state index is 0.157. The number of para-hydroxylation sites is 1. The lowest BCUT2D eigenvalue weighted by Crippen LogP contribution is -2.39. The van der Waals surface area contributed by atoms with Crippen molar-refractivity contribution in [2.75, 3.05) is 29.9 Å². The fourth-order valence-electron chi connectivity index (χ4n) is 4.80. The molecular weight excluding hydrogens is 495 g/mol. The van der Waals surface area contributed by atoms with E-state index in [-0.39, 0.29) is 22.8 Å². The SMILES string of the molecule is CN(CC1CCCN1c1ccccc1)c1ncc2c(-c3cc(C(F)(F)F)c(F)c(O)c3F)nn(C)c2n1. The lowest BCUT2D eigenvalue weighted by Gasteiger charge is -2.30. The highest BCUT2D eigenvalue weighted by Crippen LogP contribution is 2.41. The summed E-state index contributed by atoms with van der Waals surface area (Å²) >= 11 is 0. The van der Waals surface area contributed by atoms with Crippen LogP contribution in [0, 0.1) is 11.6 Å². The Hall–Kier alpha value is -3.96. The molecule has 5 rings (SSSR count). The first-order valence-corrected chi connectivity index (χ1v) is 11.6. The van der Waals surface area contributed by atoms with Crippen molar-refractivity contribution in [3.63, 3.8) is 0 Å². The number of fused-ring (bicyclic) bond motifs is 1. The first-order chi connectivity index (χ1) is 17.6. The molecule has 1 unspecified atom stereocenters. The second kappa shape index (κ2) is 9.16. The van der Waals surface area contributed by atoms with Crippen LogP contribution in [0.1, 0.15) is 18.4 Å². The van der Waals surface area contributed by atoms with Gasteiger partial charge in [-0.2, -0.15) is 23.3 Å². The monoisotopic (exact) mass is 518 g/mol. The van der Waals surface area contributed by atoms with Gasteiger partial charge in [-0.25, -0.2) is 18.4 Å². The Morgan fingerprint density at radius 2 is 1.86 bits per heavy atom. The predicted molar refractivity (Wildman–Crippen MR) is 128 cm³/mol. The second-order valence-corrected chi connectivity index (χ2v) is 9.03. The summed E-state index contributed by atoms with van der Waals surface area (Å²) < 4.78 is 69.8. The van der Waals surface area contributed by atoms with Crippen LogP contribution in [0.3, 0.4) is 0 Å². The van der Waals surface area contributed by atoms with Crippen LogP contribution in [0.5, 0.6) is 5.75 Å². The number of phenolic OH excluding ortho intramolecular Hbond substituents is 1. The third-order valence-electron chi connectivity index (χ3n) is 6.60. The number of phenols is 1. The average Bonchev–Trinajstić information content (AvgIpc) is 3.46. The standard InChI is InChI=1S/C25H23F5N6O/c1-34(13-15-9-6-10-36(15)14-7-4-3-5-8-14)24-31-12-17-21(33-35(2)23(17)32-24)16-11-18(25(28,29)30)20(27)22(37)19(16)26/h3-5,7-8,11-12,15,37H,6,9-10,13H2,1-2H3. The number of nitrogens with zero attached hydrogens (tertiary/aromatic N) is 6. The molecule has 0 spiro atoms. The predicted octanol–water partition coefficient (Wildman–Crippen LogP) is 5.14. The van der Waals surface area contributed by atoms with E-state index >= 15 is 0 Å². The number of aryl methyl sites for hydroxylation is 1. The van der Waals surface area contributed by atoms with Gasteiger partial charge < -0.3 is 14.9 Å². The van der Waals surface area contributed by atoms with Gasteiger partial charge in [0.2, 0.25) is 5.95 Å². The van der Waals surface area contributed by atoms with Crippen LogP contribution in [0.2, 0.25) is 0 Å². The summed E-state index contributed by atoms with van der Waals surface area (Å²) in [4.78, 5) is 13.1. The molecule has 1 aliphatic heterocycles. The zero-order valence-corrected chi connectivity index (χ0v) is 20.0. The van der Waals surface area contributed by atoms with Crippen molar-refractivity contribution in [2.45, 2.75) is 25.1 Å². The number of aromatic hydroxyl groups is 1. The number of halogens is 5. The molecular formula is C25H23F5N6O. The van der Waals surface area contributed by atoms with E-state index in [0.29, 0.717) is 18.6 Å². The Morgan fingerprint density at radius 1 is 1.14 bits per heavy atom. The number of hydrogen-bond donors (Lipinski definition) is 1. The van der Waals surface area contributed by atoms with Crippen molar-refractivity contribution < 1.29 is 27.1 Å². The van der Waals surface area contributed by atoms with Crippen LogP contribution < -0.4 is 9.80 Å². The summed E-state index contributed by atoms with van der Waals surface area (Å²) in [6, 6.07) is 10.6. The van der Waals surface area contributed by atoms with Gasteiger partial charge in [0.05, 0.1) is 10.9 Å². The van der Waals surface area contributed by atoms with Gasteiger partial charge in [-0.3, -0.25) is 0 Å². The van der Waals surface area contributed by atoms with Gasteiger partial charge in [0.1, 0.15) is 5.69 Å². The third-order valence-corrected chi connectivity index (χ3v) is 6.60. The largest absolute Gasteiger partial charge is 0.503 e. The number of aromatic nitrogens is 4. The van der Waals surface area contributed by atoms with Crippen molar-refractivity contribution in [1.29, 1.82) is 0 Å². The van der Waals surface area contributed by atoms with Crippen LogP contribution >= 0.6 is 0 Å². The molecule has 1 fully saturated rings. The summed E-state index contributed by atoms with van der Waals surface area (Å²) in [7, 11) is 3.34. The van der Waals surface area contributed by atoms with Crippen molar-refractivity contribution in [2.24, 2.45) is 7.05 Å². The minimum atomic E-state index is -5.14. The summed E-state index contributed by atoms with van der Waals surface area (Å²) in [5, 5.41) is 14.0. The molecule has 1 atom stereocenters. The lowest BCUT2D eigenvalue weighted by molar-refractivity contribution is -0.140. The molecule has 12 heteroatoms. The summed E-state index contributed by atoms with van der Waals surface area (Å²) in [5.41, 5.74) is -1.36. The van der Waals surface area contributed by atoms with Gasteiger partial charge in [0.15, 0.2) is 23.0 Å². The summed E-state index contributed by atoms with van der Waals surface area (Å²) in [5.74, 6) is -4.99. The molecule has 37 heavy (non-hydrogen) atoms. The number of alkyl halides is 3. The smallest absolute Gasteiger partial charge is 0.419 e. The fourth-order valence-corrected chi connectivity index (χ4v) is 4.80. The Bertz CT molecular complexity index is 1460. The van der Waals surface area contributed by atoms with Crippen LogP contribution in [-0.2, 0) is 13.2 Å². The van der Waals surface area contributed by atoms with Gasteiger partial charge in [0, 0.05) is 50.7 Å². The van der Waals surface area contributed by atoms with Crippen LogP contribution in [0.15, 0.2) is 42.6 Å². The number of hydrogen-bond acceptors (Lipinski definition) is 6. The van der Waals surface area contributed by atoms with E-state index in [4.69, 9.17) is 0 Å². The molecule has 2 aromatic heterocycles. The maximum absolute atomic E-state index is 14.7. The zero-order chi connectivity index (χ0) is 26.5. The fraction of sp³-hybridized carbons (Fsp3) is 0.320. The van der Waals surface area contributed by atoms with E-state index < -0.39 is 34.7 Å². The summed E-state index contributed by atoms with van der Waals surface area (Å²) in [6.45, 7) is 1.56. The van der Waals surface area contributed by atoms with Crippen molar-refractivity contribution >= 4 is 22.7 Å². The molecule has 1 N–H and O–H groups in total.